The summed E-state index contributed by atoms with van der Waals surface area (Å²) >= 11 is 12.6. The van der Waals surface area contributed by atoms with Gasteiger partial charge in [-0.05, 0) is 66.6 Å². The first-order chi connectivity index (χ1) is 17.4. The van der Waals surface area contributed by atoms with Crippen LogP contribution in [0.4, 0.5) is 0 Å². The van der Waals surface area contributed by atoms with E-state index in [2.05, 4.69) is 11.0 Å². The van der Waals surface area contributed by atoms with E-state index in [-0.39, 0.29) is 11.5 Å². The summed E-state index contributed by atoms with van der Waals surface area (Å²) in [4.78, 5) is 15.6. The fraction of sp³-hybridized carbons (Fsp3) is 0.300. The van der Waals surface area contributed by atoms with Crippen LogP contribution in [0.5, 0.6) is 0 Å². The van der Waals surface area contributed by atoms with E-state index in [1.165, 1.54) is 0 Å². The quantitative estimate of drug-likeness (QED) is 0.322. The molecule has 1 aromatic heterocycles. The Morgan fingerprint density at radius 1 is 0.917 bits per heavy atom. The standard InChI is InChI=1S/C30H30Cl2N2O2/c1-33-28(20-21-7-5-6-10-25(21)29(33)35)24(22-11-12-26(31)27(32)19-22)13-16-34-17-14-30(36,15-18-34)23-8-3-2-4-9-23/h2-12,19-20,24,36H,13-18H2,1H3/t24-/m1/s1. The average Bonchev–Trinajstić information content (AvgIpc) is 2.90. The average molecular weight is 521 g/mol. The lowest BCUT2D eigenvalue weighted by Gasteiger charge is -2.39. The minimum Gasteiger partial charge on any atom is -0.385 e. The summed E-state index contributed by atoms with van der Waals surface area (Å²) in [5, 5.41) is 13.9. The van der Waals surface area contributed by atoms with Crippen LogP contribution in [0.1, 0.15) is 42.0 Å². The second-order valence-corrected chi connectivity index (χ2v) is 10.6. The first-order valence-corrected chi connectivity index (χ1v) is 13.2. The molecule has 3 aromatic carbocycles. The van der Waals surface area contributed by atoms with E-state index in [1.807, 2.05) is 79.8 Å². The zero-order valence-electron chi connectivity index (χ0n) is 20.3. The van der Waals surface area contributed by atoms with Crippen molar-refractivity contribution in [3.63, 3.8) is 0 Å². The van der Waals surface area contributed by atoms with Crippen molar-refractivity contribution in [2.24, 2.45) is 7.05 Å². The second-order valence-electron chi connectivity index (χ2n) is 9.77. The summed E-state index contributed by atoms with van der Waals surface area (Å²) in [5.41, 5.74) is 2.20. The molecule has 1 atom stereocenters. The smallest absolute Gasteiger partial charge is 0.258 e. The van der Waals surface area contributed by atoms with Gasteiger partial charge < -0.3 is 14.6 Å². The number of rotatable bonds is 6. The van der Waals surface area contributed by atoms with Gasteiger partial charge in [0.25, 0.3) is 5.56 Å². The summed E-state index contributed by atoms with van der Waals surface area (Å²) < 4.78 is 1.76. The van der Waals surface area contributed by atoms with Crippen molar-refractivity contribution in [3.8, 4) is 0 Å². The van der Waals surface area contributed by atoms with Crippen molar-refractivity contribution in [1.82, 2.24) is 9.47 Å². The Balaban J connectivity index is 1.41. The maximum Gasteiger partial charge on any atom is 0.258 e. The molecule has 4 nitrogen and oxygen atoms in total. The normalized spacial score (nSPS) is 16.8. The largest absolute Gasteiger partial charge is 0.385 e. The molecule has 1 N–H and O–H groups in total. The molecular formula is C30H30Cl2N2O2. The summed E-state index contributed by atoms with van der Waals surface area (Å²) in [5.74, 6) is -0.0305. The predicted octanol–water partition coefficient (Wildman–Crippen LogP) is 6.35. The lowest BCUT2D eigenvalue weighted by atomic mass is 9.84. The summed E-state index contributed by atoms with van der Waals surface area (Å²) in [6, 6.07) is 25.5. The van der Waals surface area contributed by atoms with E-state index in [9.17, 15) is 9.90 Å². The number of nitrogens with zero attached hydrogens (tertiary/aromatic N) is 2. The van der Waals surface area contributed by atoms with Crippen LogP contribution in [0.2, 0.25) is 10.0 Å². The lowest BCUT2D eigenvalue weighted by Crippen LogP contribution is -2.43. The molecule has 0 spiro atoms. The van der Waals surface area contributed by atoms with Gasteiger partial charge in [0.15, 0.2) is 0 Å². The molecule has 5 rings (SSSR count). The minimum atomic E-state index is -0.775. The van der Waals surface area contributed by atoms with E-state index >= 15 is 0 Å². The van der Waals surface area contributed by atoms with Gasteiger partial charge in [0.2, 0.25) is 0 Å². The number of pyridine rings is 1. The van der Waals surface area contributed by atoms with Gasteiger partial charge >= 0.3 is 0 Å². The molecule has 1 saturated heterocycles. The van der Waals surface area contributed by atoms with E-state index in [1.54, 1.807) is 4.57 Å². The first-order valence-electron chi connectivity index (χ1n) is 12.4. The number of hydrogen-bond acceptors (Lipinski definition) is 3. The number of piperidine rings is 1. The van der Waals surface area contributed by atoms with Crippen LogP contribution in [-0.4, -0.2) is 34.2 Å². The van der Waals surface area contributed by atoms with Crippen molar-refractivity contribution in [3.05, 3.63) is 116 Å². The topological polar surface area (TPSA) is 45.5 Å². The molecule has 1 fully saturated rings. The highest BCUT2D eigenvalue weighted by molar-refractivity contribution is 6.42. The Hall–Kier alpha value is -2.63. The number of aromatic nitrogens is 1. The number of aliphatic hydroxyl groups is 1. The molecule has 1 aliphatic heterocycles. The Kier molecular flexibility index (Phi) is 7.23. The minimum absolute atomic E-state index is 0.000872. The zero-order chi connectivity index (χ0) is 25.3. The van der Waals surface area contributed by atoms with Crippen molar-refractivity contribution in [2.45, 2.75) is 30.8 Å². The highest BCUT2D eigenvalue weighted by Gasteiger charge is 2.34. The maximum atomic E-state index is 13.2. The summed E-state index contributed by atoms with van der Waals surface area (Å²) in [6.45, 7) is 2.48. The Labute approximate surface area is 221 Å². The third-order valence-electron chi connectivity index (χ3n) is 7.62. The maximum absolute atomic E-state index is 13.2. The molecule has 0 aliphatic carbocycles. The molecular weight excluding hydrogens is 491 g/mol. The molecule has 6 heteroatoms. The van der Waals surface area contributed by atoms with Gasteiger partial charge in [-0.2, -0.15) is 0 Å². The van der Waals surface area contributed by atoms with E-state index in [4.69, 9.17) is 23.2 Å². The van der Waals surface area contributed by atoms with Gasteiger partial charge in [0.05, 0.1) is 15.6 Å². The van der Waals surface area contributed by atoms with E-state index in [0.29, 0.717) is 28.3 Å². The molecule has 186 valence electrons. The molecule has 4 aromatic rings. The van der Waals surface area contributed by atoms with Crippen molar-refractivity contribution in [2.75, 3.05) is 19.6 Å². The third kappa shape index (κ3) is 4.96. The van der Waals surface area contributed by atoms with Gasteiger partial charge in [-0.3, -0.25) is 4.79 Å². The Bertz CT molecular complexity index is 1430. The second kappa shape index (κ2) is 10.4. The van der Waals surface area contributed by atoms with Gasteiger partial charge in [-0.15, -0.1) is 0 Å². The lowest BCUT2D eigenvalue weighted by molar-refractivity contribution is -0.0262. The van der Waals surface area contributed by atoms with Crippen LogP contribution < -0.4 is 5.56 Å². The van der Waals surface area contributed by atoms with Crippen molar-refractivity contribution < 1.29 is 5.11 Å². The number of fused-ring (bicyclic) bond motifs is 1. The van der Waals surface area contributed by atoms with Crippen molar-refractivity contribution in [1.29, 1.82) is 0 Å². The molecule has 0 saturated carbocycles. The van der Waals surface area contributed by atoms with Gasteiger partial charge in [0.1, 0.15) is 0 Å². The van der Waals surface area contributed by atoms with E-state index < -0.39 is 5.60 Å². The molecule has 1 aliphatic rings. The van der Waals surface area contributed by atoms with Crippen LogP contribution in [0.3, 0.4) is 0 Å². The SMILES string of the molecule is Cn1c([C@H](CCN2CCC(O)(c3ccccc3)CC2)c2ccc(Cl)c(Cl)c2)cc2ccccc2c1=O. The molecule has 0 amide bonds. The predicted molar refractivity (Wildman–Crippen MR) is 148 cm³/mol. The fourth-order valence-electron chi connectivity index (χ4n) is 5.42. The summed E-state index contributed by atoms with van der Waals surface area (Å²) in [7, 11) is 1.84. The van der Waals surface area contributed by atoms with Crippen LogP contribution in [0.25, 0.3) is 10.8 Å². The molecule has 36 heavy (non-hydrogen) atoms. The van der Waals surface area contributed by atoms with Crippen LogP contribution in [-0.2, 0) is 12.6 Å². The molecule has 0 bridgehead atoms. The highest BCUT2D eigenvalue weighted by atomic mass is 35.5. The molecule has 0 unspecified atom stereocenters. The first kappa shape index (κ1) is 25.0. The van der Waals surface area contributed by atoms with Gasteiger partial charge in [-0.25, -0.2) is 0 Å². The zero-order valence-corrected chi connectivity index (χ0v) is 21.8. The van der Waals surface area contributed by atoms with Crippen LogP contribution >= 0.6 is 23.2 Å². The number of likely N-dealkylation sites (tertiary alicyclic amines) is 1. The van der Waals surface area contributed by atoms with Crippen molar-refractivity contribution >= 4 is 34.0 Å². The van der Waals surface area contributed by atoms with Gasteiger partial charge in [-0.1, -0.05) is 77.8 Å². The number of benzene rings is 3. The fourth-order valence-corrected chi connectivity index (χ4v) is 5.72. The monoisotopic (exact) mass is 520 g/mol. The summed E-state index contributed by atoms with van der Waals surface area (Å²) in [6.07, 6.45) is 2.21. The number of hydrogen-bond donors (Lipinski definition) is 1. The molecule has 0 radical (unpaired) electrons. The van der Waals surface area contributed by atoms with Gasteiger partial charge in [0, 0.05) is 37.1 Å². The Morgan fingerprint density at radius 2 is 1.61 bits per heavy atom. The number of halogens is 2. The Morgan fingerprint density at radius 3 is 2.33 bits per heavy atom. The highest BCUT2D eigenvalue weighted by Crippen LogP contribution is 2.35. The van der Waals surface area contributed by atoms with E-state index in [0.717, 1.165) is 48.3 Å². The van der Waals surface area contributed by atoms with Crippen LogP contribution in [0, 0.1) is 0 Å². The van der Waals surface area contributed by atoms with Crippen LogP contribution in [0.15, 0.2) is 83.7 Å². The third-order valence-corrected chi connectivity index (χ3v) is 8.36. The molecule has 2 heterocycles.